The third kappa shape index (κ3) is 5.29. The number of nitrogens with one attached hydrogen (secondary N) is 1. The number of amides is 1. The van der Waals surface area contributed by atoms with Gasteiger partial charge in [0.25, 0.3) is 0 Å². The number of nitrogens with two attached hydrogens (primary N) is 1. The molecule has 3 N–H and O–H groups in total. The fourth-order valence-electron chi connectivity index (χ4n) is 1.40. The summed E-state index contributed by atoms with van der Waals surface area (Å²) in [6.07, 6.45) is 0. The van der Waals surface area contributed by atoms with E-state index in [9.17, 15) is 4.79 Å². The Morgan fingerprint density at radius 3 is 2.94 bits per heavy atom. The zero-order chi connectivity index (χ0) is 13.5. The molecule has 0 heterocycles. The molecule has 0 aliphatic rings. The van der Waals surface area contributed by atoms with Crippen molar-refractivity contribution >= 4 is 39.3 Å². The minimum absolute atomic E-state index is 0.0189. The summed E-state index contributed by atoms with van der Waals surface area (Å²) in [4.78, 5) is 12.6. The van der Waals surface area contributed by atoms with Crippen molar-refractivity contribution in [3.63, 3.8) is 0 Å². The van der Waals surface area contributed by atoms with Crippen LogP contribution in [-0.2, 0) is 9.53 Å². The molecule has 0 fully saturated rings. The summed E-state index contributed by atoms with van der Waals surface area (Å²) in [5, 5.41) is 2.85. The number of methoxy groups -OCH3 is 1. The Hall–Kier alpha value is -0.720. The summed E-state index contributed by atoms with van der Waals surface area (Å²) >= 11 is 4.77. The third-order valence-electron chi connectivity index (χ3n) is 2.15. The molecule has 1 amide bonds. The highest BCUT2D eigenvalue weighted by Crippen LogP contribution is 2.27. The molecular weight excluding hydrogens is 316 g/mol. The van der Waals surface area contributed by atoms with Gasteiger partial charge in [-0.05, 0) is 25.1 Å². The molecule has 1 rings (SSSR count). The molecule has 1 aromatic carbocycles. The maximum Gasteiger partial charge on any atom is 0.230 e. The van der Waals surface area contributed by atoms with Gasteiger partial charge in [-0.3, -0.25) is 4.79 Å². The predicted octanol–water partition coefficient (Wildman–Crippen LogP) is 2.27. The molecule has 1 atom stereocenters. The van der Waals surface area contributed by atoms with Gasteiger partial charge in [0.2, 0.25) is 5.91 Å². The maximum atomic E-state index is 11.6. The summed E-state index contributed by atoms with van der Waals surface area (Å²) < 4.78 is 5.89. The molecule has 1 unspecified atom stereocenters. The smallest absolute Gasteiger partial charge is 0.230 e. The molecule has 0 radical (unpaired) electrons. The highest BCUT2D eigenvalue weighted by Gasteiger charge is 2.08. The van der Waals surface area contributed by atoms with Crippen LogP contribution in [0.1, 0.15) is 6.92 Å². The van der Waals surface area contributed by atoms with Crippen LogP contribution >= 0.6 is 27.7 Å². The van der Waals surface area contributed by atoms with Gasteiger partial charge in [0.1, 0.15) is 0 Å². The number of benzene rings is 1. The largest absolute Gasteiger partial charge is 0.398 e. The van der Waals surface area contributed by atoms with Crippen LogP contribution in [-0.4, -0.2) is 31.4 Å². The molecule has 1 aromatic rings. The van der Waals surface area contributed by atoms with Crippen LogP contribution in [0.25, 0.3) is 0 Å². The molecule has 6 heteroatoms. The van der Waals surface area contributed by atoms with Crippen LogP contribution in [0.5, 0.6) is 0 Å². The van der Waals surface area contributed by atoms with Crippen molar-refractivity contribution in [2.24, 2.45) is 0 Å². The first kappa shape index (κ1) is 15.3. The first-order valence-corrected chi connectivity index (χ1v) is 7.27. The van der Waals surface area contributed by atoms with Gasteiger partial charge in [0, 0.05) is 28.2 Å². The quantitative estimate of drug-likeness (QED) is 0.619. The monoisotopic (exact) mass is 332 g/mol. The lowest BCUT2D eigenvalue weighted by Gasteiger charge is -2.12. The number of carbonyl (C=O) groups is 1. The number of carbonyl (C=O) groups excluding carboxylic acids is 1. The van der Waals surface area contributed by atoms with E-state index in [0.29, 0.717) is 18.0 Å². The normalized spacial score (nSPS) is 12.2. The van der Waals surface area contributed by atoms with Crippen molar-refractivity contribution < 1.29 is 9.53 Å². The molecular formula is C12H17BrN2O2S. The Labute approximate surface area is 120 Å². The van der Waals surface area contributed by atoms with Crippen LogP contribution in [0.2, 0.25) is 0 Å². The van der Waals surface area contributed by atoms with E-state index in [1.807, 2.05) is 25.1 Å². The van der Waals surface area contributed by atoms with Crippen LogP contribution in [0.3, 0.4) is 0 Å². The molecule has 0 aliphatic heterocycles. The van der Waals surface area contributed by atoms with Gasteiger partial charge in [0.15, 0.2) is 0 Å². The van der Waals surface area contributed by atoms with Crippen LogP contribution in [0, 0.1) is 0 Å². The summed E-state index contributed by atoms with van der Waals surface area (Å²) in [5.41, 5.74) is 6.53. The standard InChI is InChI=1S/C12H17BrN2O2S/c1-8(6-17-2)15-12(16)7-18-11-4-3-9(13)5-10(11)14/h3-5,8H,6-7,14H2,1-2H3,(H,15,16). The lowest BCUT2D eigenvalue weighted by molar-refractivity contribution is -0.119. The van der Waals surface area contributed by atoms with Crippen molar-refractivity contribution in [2.45, 2.75) is 17.9 Å². The molecule has 0 saturated carbocycles. The molecule has 0 bridgehead atoms. The van der Waals surface area contributed by atoms with Crippen molar-refractivity contribution in [1.29, 1.82) is 0 Å². The average Bonchev–Trinajstić information content (AvgIpc) is 2.28. The number of nitrogen functional groups attached to an aromatic ring is 1. The molecule has 0 saturated heterocycles. The SMILES string of the molecule is COCC(C)NC(=O)CSc1ccc(Br)cc1N. The van der Waals surface area contributed by atoms with Gasteiger partial charge in [-0.25, -0.2) is 0 Å². The van der Waals surface area contributed by atoms with Crippen LogP contribution < -0.4 is 11.1 Å². The Kier molecular flexibility index (Phi) is 6.52. The molecule has 0 aliphatic carbocycles. The topological polar surface area (TPSA) is 64.3 Å². The molecule has 18 heavy (non-hydrogen) atoms. The fourth-order valence-corrected chi connectivity index (χ4v) is 2.54. The van der Waals surface area contributed by atoms with E-state index in [4.69, 9.17) is 10.5 Å². The number of thioether (sulfide) groups is 1. The minimum Gasteiger partial charge on any atom is -0.398 e. The number of halogens is 1. The Balaban J connectivity index is 2.42. The minimum atomic E-state index is -0.0214. The Morgan fingerprint density at radius 2 is 2.33 bits per heavy atom. The van der Waals surface area contributed by atoms with E-state index in [-0.39, 0.29) is 11.9 Å². The van der Waals surface area contributed by atoms with E-state index in [1.165, 1.54) is 11.8 Å². The van der Waals surface area contributed by atoms with Gasteiger partial charge in [-0.2, -0.15) is 0 Å². The lowest BCUT2D eigenvalue weighted by atomic mass is 10.3. The average molecular weight is 333 g/mol. The zero-order valence-electron chi connectivity index (χ0n) is 10.4. The second kappa shape index (κ2) is 7.66. The third-order valence-corrected chi connectivity index (χ3v) is 3.74. The van der Waals surface area contributed by atoms with E-state index in [0.717, 1.165) is 9.37 Å². The summed E-state index contributed by atoms with van der Waals surface area (Å²) in [7, 11) is 1.61. The number of hydrogen-bond acceptors (Lipinski definition) is 4. The van der Waals surface area contributed by atoms with Crippen molar-refractivity contribution in [2.75, 3.05) is 25.2 Å². The highest BCUT2D eigenvalue weighted by atomic mass is 79.9. The predicted molar refractivity (Wildman–Crippen MR) is 78.8 cm³/mol. The number of ether oxygens (including phenoxy) is 1. The van der Waals surface area contributed by atoms with Crippen LogP contribution in [0.15, 0.2) is 27.6 Å². The molecule has 0 aromatic heterocycles. The second-order valence-corrected chi connectivity index (χ2v) is 5.83. The van der Waals surface area contributed by atoms with Crippen molar-refractivity contribution in [3.05, 3.63) is 22.7 Å². The van der Waals surface area contributed by atoms with Gasteiger partial charge >= 0.3 is 0 Å². The zero-order valence-corrected chi connectivity index (χ0v) is 12.8. The molecule has 100 valence electrons. The van der Waals surface area contributed by atoms with E-state index in [1.54, 1.807) is 7.11 Å². The summed E-state index contributed by atoms with van der Waals surface area (Å²) in [5.74, 6) is 0.326. The Morgan fingerprint density at radius 1 is 1.61 bits per heavy atom. The first-order valence-electron chi connectivity index (χ1n) is 5.49. The van der Waals surface area contributed by atoms with Gasteiger partial charge in [0.05, 0.1) is 12.4 Å². The van der Waals surface area contributed by atoms with Gasteiger partial charge in [-0.15, -0.1) is 11.8 Å². The number of hydrogen-bond donors (Lipinski definition) is 2. The Bertz CT molecular complexity index is 415. The second-order valence-electron chi connectivity index (χ2n) is 3.89. The van der Waals surface area contributed by atoms with E-state index < -0.39 is 0 Å². The highest BCUT2D eigenvalue weighted by molar-refractivity contribution is 9.10. The van der Waals surface area contributed by atoms with Crippen LogP contribution in [0.4, 0.5) is 5.69 Å². The summed E-state index contributed by atoms with van der Waals surface area (Å²) in [6, 6.07) is 5.65. The van der Waals surface area contributed by atoms with Crippen molar-refractivity contribution in [3.8, 4) is 0 Å². The van der Waals surface area contributed by atoms with Crippen molar-refractivity contribution in [1.82, 2.24) is 5.32 Å². The maximum absolute atomic E-state index is 11.6. The van der Waals surface area contributed by atoms with E-state index >= 15 is 0 Å². The van der Waals surface area contributed by atoms with Gasteiger partial charge in [-0.1, -0.05) is 15.9 Å². The van der Waals surface area contributed by atoms with E-state index in [2.05, 4.69) is 21.2 Å². The number of anilines is 1. The first-order chi connectivity index (χ1) is 8.52. The lowest BCUT2D eigenvalue weighted by Crippen LogP contribution is -2.36. The molecule has 4 nitrogen and oxygen atoms in total. The van der Waals surface area contributed by atoms with Gasteiger partial charge < -0.3 is 15.8 Å². The fraction of sp³-hybridized carbons (Fsp3) is 0.417. The summed E-state index contributed by atoms with van der Waals surface area (Å²) in [6.45, 7) is 2.41. The molecule has 0 spiro atoms. The number of rotatable bonds is 6.